The van der Waals surface area contributed by atoms with E-state index in [-0.39, 0.29) is 29.9 Å². The zero-order chi connectivity index (χ0) is 26.9. The third-order valence-corrected chi connectivity index (χ3v) is 6.79. The van der Waals surface area contributed by atoms with Gasteiger partial charge in [-0.25, -0.2) is 4.79 Å². The molecule has 9 nitrogen and oxygen atoms in total. The summed E-state index contributed by atoms with van der Waals surface area (Å²) in [6.45, 7) is 11.0. The summed E-state index contributed by atoms with van der Waals surface area (Å²) in [6, 6.07) is 12.8. The quantitative estimate of drug-likeness (QED) is 0.632. The van der Waals surface area contributed by atoms with Crippen molar-refractivity contribution >= 4 is 35.2 Å². The Balaban J connectivity index is 1.59. The highest BCUT2D eigenvalue weighted by atomic mass is 16.6. The van der Waals surface area contributed by atoms with Crippen molar-refractivity contribution in [2.24, 2.45) is 0 Å². The van der Waals surface area contributed by atoms with Crippen LogP contribution in [0.15, 0.2) is 42.5 Å². The average Bonchev–Trinajstić information content (AvgIpc) is 2.87. The van der Waals surface area contributed by atoms with Gasteiger partial charge in [-0.1, -0.05) is 18.2 Å². The molecule has 0 saturated carbocycles. The Hall–Kier alpha value is -3.88. The fourth-order valence-corrected chi connectivity index (χ4v) is 4.93. The Morgan fingerprint density at radius 3 is 1.97 bits per heavy atom. The Morgan fingerprint density at radius 2 is 1.41 bits per heavy atom. The summed E-state index contributed by atoms with van der Waals surface area (Å²) in [4.78, 5) is 56.6. The van der Waals surface area contributed by atoms with Crippen molar-refractivity contribution in [1.82, 2.24) is 9.80 Å². The maximum atomic E-state index is 13.0. The summed E-state index contributed by atoms with van der Waals surface area (Å²) in [5.74, 6) is -0.127. The molecule has 1 atom stereocenters. The van der Waals surface area contributed by atoms with Crippen LogP contribution in [0.3, 0.4) is 0 Å². The molecule has 0 aromatic heterocycles. The van der Waals surface area contributed by atoms with E-state index < -0.39 is 6.09 Å². The second-order valence-corrected chi connectivity index (χ2v) is 9.86. The van der Waals surface area contributed by atoms with E-state index in [1.165, 1.54) is 6.92 Å². The van der Waals surface area contributed by atoms with E-state index in [0.717, 1.165) is 11.1 Å². The minimum absolute atomic E-state index is 0.0263. The third kappa shape index (κ3) is 5.45. The second kappa shape index (κ2) is 10.6. The molecule has 1 saturated heterocycles. The molecule has 0 radical (unpaired) electrons. The van der Waals surface area contributed by atoms with Crippen LogP contribution in [-0.4, -0.2) is 78.5 Å². The van der Waals surface area contributed by atoms with E-state index >= 15 is 0 Å². The first-order valence-corrected chi connectivity index (χ1v) is 12.6. The number of fused-ring (bicyclic) bond motifs is 1. The first kappa shape index (κ1) is 26.2. The van der Waals surface area contributed by atoms with Crippen molar-refractivity contribution in [3.8, 4) is 11.1 Å². The molecular formula is C28H34N4O5. The standard InChI is InChI=1S/C28H34N4O5/c1-18(2)37-28(36)31-17-19(3)32(21(5)34)25-11-10-24(16-26(25)31)22-6-8-23(9-7-22)27(35)30-14-12-29(13-15-30)20(4)33/h6-11,16,18-19H,12-15,17H2,1-5H3. The van der Waals surface area contributed by atoms with Crippen molar-refractivity contribution in [1.29, 1.82) is 0 Å². The maximum absolute atomic E-state index is 13.0. The Kier molecular flexibility index (Phi) is 7.52. The van der Waals surface area contributed by atoms with Crippen LogP contribution in [0.25, 0.3) is 11.1 Å². The van der Waals surface area contributed by atoms with Crippen molar-refractivity contribution in [3.63, 3.8) is 0 Å². The van der Waals surface area contributed by atoms with E-state index in [2.05, 4.69) is 0 Å². The topological polar surface area (TPSA) is 90.5 Å². The van der Waals surface area contributed by atoms with Crippen molar-refractivity contribution in [3.05, 3.63) is 48.0 Å². The molecule has 1 unspecified atom stereocenters. The molecule has 9 heteroatoms. The molecular weight excluding hydrogens is 472 g/mol. The van der Waals surface area contributed by atoms with Gasteiger partial charge in [-0.3, -0.25) is 19.3 Å². The lowest BCUT2D eigenvalue weighted by molar-refractivity contribution is -0.130. The molecule has 4 rings (SSSR count). The van der Waals surface area contributed by atoms with Gasteiger partial charge in [-0.15, -0.1) is 0 Å². The number of hydrogen-bond donors (Lipinski definition) is 0. The predicted molar refractivity (Wildman–Crippen MR) is 142 cm³/mol. The van der Waals surface area contributed by atoms with E-state index in [4.69, 9.17) is 4.74 Å². The highest BCUT2D eigenvalue weighted by molar-refractivity contribution is 6.03. The zero-order valence-electron chi connectivity index (χ0n) is 22.1. The lowest BCUT2D eigenvalue weighted by Crippen LogP contribution is -2.51. The SMILES string of the molecule is CC(=O)N1CCN(C(=O)c2ccc(-c3ccc4c(c3)N(C(=O)OC(C)C)CC(C)N4C(C)=O)cc2)CC1. The van der Waals surface area contributed by atoms with Crippen molar-refractivity contribution < 1.29 is 23.9 Å². The maximum Gasteiger partial charge on any atom is 0.414 e. The second-order valence-electron chi connectivity index (χ2n) is 9.86. The van der Waals surface area contributed by atoms with Gasteiger partial charge in [0.25, 0.3) is 5.91 Å². The summed E-state index contributed by atoms with van der Waals surface area (Å²) >= 11 is 0. The molecule has 37 heavy (non-hydrogen) atoms. The number of anilines is 2. The lowest BCUT2D eigenvalue weighted by atomic mass is 9.99. The largest absolute Gasteiger partial charge is 0.446 e. The number of rotatable bonds is 3. The number of carbonyl (C=O) groups is 4. The summed E-state index contributed by atoms with van der Waals surface area (Å²) in [6.07, 6.45) is -0.718. The molecule has 2 heterocycles. The number of piperazine rings is 1. The van der Waals surface area contributed by atoms with Crippen LogP contribution < -0.4 is 9.80 Å². The number of carbonyl (C=O) groups excluding carboxylic acids is 4. The molecule has 0 bridgehead atoms. The molecule has 0 aliphatic carbocycles. The smallest absolute Gasteiger partial charge is 0.414 e. The minimum Gasteiger partial charge on any atom is -0.446 e. The van der Waals surface area contributed by atoms with E-state index in [9.17, 15) is 19.2 Å². The lowest BCUT2D eigenvalue weighted by Gasteiger charge is -2.40. The fourth-order valence-electron chi connectivity index (χ4n) is 4.93. The van der Waals surface area contributed by atoms with E-state index in [1.54, 1.807) is 52.5 Å². The average molecular weight is 507 g/mol. The van der Waals surface area contributed by atoms with Gasteiger partial charge in [-0.2, -0.15) is 0 Å². The van der Waals surface area contributed by atoms with Gasteiger partial charge >= 0.3 is 6.09 Å². The van der Waals surface area contributed by atoms with Crippen LogP contribution in [0.4, 0.5) is 16.2 Å². The van der Waals surface area contributed by atoms with Crippen LogP contribution in [0.2, 0.25) is 0 Å². The highest BCUT2D eigenvalue weighted by Gasteiger charge is 2.35. The summed E-state index contributed by atoms with van der Waals surface area (Å²) in [5, 5.41) is 0. The minimum atomic E-state index is -0.450. The van der Waals surface area contributed by atoms with Gasteiger partial charge in [0.1, 0.15) is 0 Å². The number of hydrogen-bond acceptors (Lipinski definition) is 5. The Bertz CT molecular complexity index is 1200. The van der Waals surface area contributed by atoms with Gasteiger partial charge in [0.2, 0.25) is 11.8 Å². The van der Waals surface area contributed by atoms with Crippen LogP contribution >= 0.6 is 0 Å². The molecule has 2 aliphatic rings. The van der Waals surface area contributed by atoms with Gasteiger partial charge < -0.3 is 19.4 Å². The zero-order valence-corrected chi connectivity index (χ0v) is 22.1. The monoisotopic (exact) mass is 506 g/mol. The van der Waals surface area contributed by atoms with Crippen LogP contribution in [0, 0.1) is 0 Å². The van der Waals surface area contributed by atoms with Crippen molar-refractivity contribution in [2.75, 3.05) is 42.5 Å². The normalized spacial score (nSPS) is 17.5. The molecule has 0 spiro atoms. The molecule has 4 amide bonds. The van der Waals surface area contributed by atoms with Gasteiger partial charge in [0, 0.05) is 52.1 Å². The van der Waals surface area contributed by atoms with E-state index in [0.29, 0.717) is 49.7 Å². The van der Waals surface area contributed by atoms with Crippen LogP contribution in [0.1, 0.15) is 45.0 Å². The van der Waals surface area contributed by atoms with Crippen molar-refractivity contribution in [2.45, 2.75) is 46.8 Å². The number of amides is 4. The van der Waals surface area contributed by atoms with Gasteiger partial charge in [-0.05, 0) is 56.2 Å². The molecule has 2 aromatic rings. The summed E-state index contributed by atoms with van der Waals surface area (Å²) < 4.78 is 5.48. The van der Waals surface area contributed by atoms with Gasteiger partial charge in [0.05, 0.1) is 23.5 Å². The number of benzene rings is 2. The highest BCUT2D eigenvalue weighted by Crippen LogP contribution is 2.39. The predicted octanol–water partition coefficient (Wildman–Crippen LogP) is 3.76. The van der Waals surface area contributed by atoms with Crippen LogP contribution in [0.5, 0.6) is 0 Å². The first-order valence-electron chi connectivity index (χ1n) is 12.6. The first-order chi connectivity index (χ1) is 17.6. The molecule has 1 fully saturated rings. The third-order valence-electron chi connectivity index (χ3n) is 6.79. The Labute approximate surface area is 217 Å². The number of ether oxygens (including phenoxy) is 1. The number of nitrogens with zero attached hydrogens (tertiary/aromatic N) is 4. The fraction of sp³-hybridized carbons (Fsp3) is 0.429. The van der Waals surface area contributed by atoms with E-state index in [1.807, 2.05) is 37.3 Å². The molecule has 0 N–H and O–H groups in total. The van der Waals surface area contributed by atoms with Gasteiger partial charge in [0.15, 0.2) is 0 Å². The molecule has 2 aromatic carbocycles. The molecule has 2 aliphatic heterocycles. The summed E-state index contributed by atoms with van der Waals surface area (Å²) in [5.41, 5.74) is 3.59. The van der Waals surface area contributed by atoms with Crippen LogP contribution in [-0.2, 0) is 14.3 Å². The Morgan fingerprint density at radius 1 is 0.811 bits per heavy atom. The summed E-state index contributed by atoms with van der Waals surface area (Å²) in [7, 11) is 0. The molecule has 196 valence electrons.